The summed E-state index contributed by atoms with van der Waals surface area (Å²) in [6.45, 7) is 5.68. The summed E-state index contributed by atoms with van der Waals surface area (Å²) in [6.07, 6.45) is 1.35. The summed E-state index contributed by atoms with van der Waals surface area (Å²) in [4.78, 5) is 13.3. The molecule has 0 aliphatic heterocycles. The zero-order valence-corrected chi connectivity index (χ0v) is 19.6. The van der Waals surface area contributed by atoms with Crippen LogP contribution < -0.4 is 9.62 Å². The number of hydrogen-bond acceptors (Lipinski definition) is 3. The van der Waals surface area contributed by atoms with Crippen LogP contribution >= 0.6 is 0 Å². The third kappa shape index (κ3) is 5.37. The van der Waals surface area contributed by atoms with Crippen LogP contribution in [0.1, 0.15) is 43.0 Å². The van der Waals surface area contributed by atoms with E-state index in [4.69, 9.17) is 0 Å². The molecule has 0 aromatic heterocycles. The van der Waals surface area contributed by atoms with Gasteiger partial charge in [-0.15, -0.1) is 0 Å². The molecule has 0 saturated heterocycles. The summed E-state index contributed by atoms with van der Waals surface area (Å²) in [7, 11) is -3.92. The van der Waals surface area contributed by atoms with Crippen LogP contribution in [0.4, 0.5) is 5.69 Å². The van der Waals surface area contributed by atoms with E-state index in [1.807, 2.05) is 57.2 Å². The van der Waals surface area contributed by atoms with Crippen molar-refractivity contribution in [3.63, 3.8) is 0 Å². The van der Waals surface area contributed by atoms with E-state index < -0.39 is 10.0 Å². The summed E-state index contributed by atoms with van der Waals surface area (Å²) in [5, 5.41) is 3.02. The van der Waals surface area contributed by atoms with Crippen molar-refractivity contribution < 1.29 is 13.2 Å². The molecule has 6 heteroatoms. The number of sulfonamides is 1. The van der Waals surface area contributed by atoms with E-state index in [0.717, 1.165) is 16.7 Å². The molecule has 0 fully saturated rings. The maximum Gasteiger partial charge on any atom is 0.264 e. The molecule has 3 aromatic carbocycles. The first kappa shape index (κ1) is 23.5. The molecule has 1 amide bonds. The Labute approximate surface area is 191 Å². The Bertz CT molecular complexity index is 1140. The molecule has 1 N–H and O–H groups in total. The average Bonchev–Trinajstić information content (AvgIpc) is 2.82. The predicted octanol–water partition coefficient (Wildman–Crippen LogP) is 5.02. The molecule has 1 atom stereocenters. The van der Waals surface area contributed by atoms with Crippen LogP contribution in [-0.4, -0.2) is 20.9 Å². The van der Waals surface area contributed by atoms with Crippen LogP contribution in [0.15, 0.2) is 83.8 Å². The lowest BCUT2D eigenvalue weighted by Gasteiger charge is -2.27. The second-order valence-corrected chi connectivity index (χ2v) is 9.61. The number of hydrogen-bond donors (Lipinski definition) is 1. The van der Waals surface area contributed by atoms with E-state index in [1.54, 1.807) is 42.5 Å². The van der Waals surface area contributed by atoms with Gasteiger partial charge in [0.2, 0.25) is 5.91 Å². The van der Waals surface area contributed by atoms with Gasteiger partial charge in [0.25, 0.3) is 10.0 Å². The first-order valence-corrected chi connectivity index (χ1v) is 12.3. The normalized spacial score (nSPS) is 12.2. The van der Waals surface area contributed by atoms with Gasteiger partial charge in [-0.25, -0.2) is 8.42 Å². The second kappa shape index (κ2) is 10.5. The van der Waals surface area contributed by atoms with Crippen molar-refractivity contribution in [2.45, 2.75) is 44.6 Å². The fraction of sp³-hybridized carbons (Fsp3) is 0.269. The number of amides is 1. The van der Waals surface area contributed by atoms with Crippen molar-refractivity contribution in [2.75, 3.05) is 10.8 Å². The summed E-state index contributed by atoms with van der Waals surface area (Å²) in [5.41, 5.74) is 3.53. The molecule has 32 heavy (non-hydrogen) atoms. The highest BCUT2D eigenvalue weighted by atomic mass is 32.2. The number of rotatable bonds is 9. The van der Waals surface area contributed by atoms with Gasteiger partial charge >= 0.3 is 0 Å². The molecule has 0 heterocycles. The topological polar surface area (TPSA) is 66.5 Å². The Kier molecular flexibility index (Phi) is 7.70. The van der Waals surface area contributed by atoms with Crippen LogP contribution in [0.25, 0.3) is 0 Å². The molecule has 0 saturated carbocycles. The Morgan fingerprint density at radius 2 is 1.53 bits per heavy atom. The maximum absolute atomic E-state index is 13.5. The molecule has 3 rings (SSSR count). The number of nitrogens with one attached hydrogen (secondary N) is 1. The van der Waals surface area contributed by atoms with Gasteiger partial charge in [-0.05, 0) is 49.1 Å². The smallest absolute Gasteiger partial charge is 0.264 e. The van der Waals surface area contributed by atoms with Crippen molar-refractivity contribution in [3.05, 3.63) is 95.6 Å². The van der Waals surface area contributed by atoms with Gasteiger partial charge in [0, 0.05) is 0 Å². The summed E-state index contributed by atoms with van der Waals surface area (Å²) in [6, 6.07) is 23.4. The Morgan fingerprint density at radius 3 is 2.16 bits per heavy atom. The van der Waals surface area contributed by atoms with Gasteiger partial charge < -0.3 is 5.32 Å². The Morgan fingerprint density at radius 1 is 0.906 bits per heavy atom. The molecule has 0 bridgehead atoms. The standard InChI is InChI=1S/C26H30N2O3S/c1-4-21-11-9-10-14-25(21)28(32(30,31)23-12-7-6-8-13-23)19-26(29)27-24(5-2)22-17-15-20(3)16-18-22/h6-18,24H,4-5,19H2,1-3H3,(H,27,29)/t24-/m1/s1. The largest absolute Gasteiger partial charge is 0.348 e. The highest BCUT2D eigenvalue weighted by Crippen LogP contribution is 2.27. The molecule has 5 nitrogen and oxygen atoms in total. The number of aryl methyl sites for hydroxylation is 2. The van der Waals surface area contributed by atoms with Gasteiger partial charge in [0.15, 0.2) is 0 Å². The molecule has 0 radical (unpaired) electrons. The van der Waals surface area contributed by atoms with E-state index in [2.05, 4.69) is 5.32 Å². The van der Waals surface area contributed by atoms with Crippen molar-refractivity contribution in [3.8, 4) is 0 Å². The monoisotopic (exact) mass is 450 g/mol. The summed E-state index contributed by atoms with van der Waals surface area (Å²) < 4.78 is 28.3. The van der Waals surface area contributed by atoms with Gasteiger partial charge in [0.1, 0.15) is 6.54 Å². The fourth-order valence-corrected chi connectivity index (χ4v) is 5.14. The predicted molar refractivity (Wildman–Crippen MR) is 129 cm³/mol. The molecule has 3 aromatic rings. The van der Waals surface area contributed by atoms with Gasteiger partial charge in [-0.1, -0.05) is 80.1 Å². The van der Waals surface area contributed by atoms with E-state index in [9.17, 15) is 13.2 Å². The first-order chi connectivity index (χ1) is 15.4. The maximum atomic E-state index is 13.5. The van der Waals surface area contributed by atoms with Crippen LogP contribution in [0, 0.1) is 6.92 Å². The average molecular weight is 451 g/mol. The number of benzene rings is 3. The minimum atomic E-state index is -3.92. The number of carbonyl (C=O) groups is 1. The Balaban J connectivity index is 1.93. The zero-order valence-electron chi connectivity index (χ0n) is 18.8. The molecule has 168 valence electrons. The SMILES string of the molecule is CCc1ccccc1N(CC(=O)N[C@H](CC)c1ccc(C)cc1)S(=O)(=O)c1ccccc1. The van der Waals surface area contributed by atoms with E-state index in [1.165, 1.54) is 4.31 Å². The molecule has 0 spiro atoms. The highest BCUT2D eigenvalue weighted by molar-refractivity contribution is 7.92. The minimum Gasteiger partial charge on any atom is -0.348 e. The van der Waals surface area contributed by atoms with Crippen LogP contribution in [0.2, 0.25) is 0 Å². The van der Waals surface area contributed by atoms with Crippen molar-refractivity contribution >= 4 is 21.6 Å². The minimum absolute atomic E-state index is 0.157. The number of nitrogens with zero attached hydrogens (tertiary/aromatic N) is 1. The quantitative estimate of drug-likeness (QED) is 0.498. The van der Waals surface area contributed by atoms with E-state index in [0.29, 0.717) is 18.5 Å². The van der Waals surface area contributed by atoms with Crippen molar-refractivity contribution in [1.82, 2.24) is 5.32 Å². The number of carbonyl (C=O) groups excluding carboxylic acids is 1. The number of anilines is 1. The van der Waals surface area contributed by atoms with Gasteiger partial charge in [-0.3, -0.25) is 9.10 Å². The molecule has 0 unspecified atom stereocenters. The second-order valence-electron chi connectivity index (χ2n) is 7.75. The summed E-state index contributed by atoms with van der Waals surface area (Å²) >= 11 is 0. The van der Waals surface area contributed by atoms with Gasteiger partial charge in [-0.2, -0.15) is 0 Å². The van der Waals surface area contributed by atoms with E-state index in [-0.39, 0.29) is 23.4 Å². The van der Waals surface area contributed by atoms with Gasteiger partial charge in [0.05, 0.1) is 16.6 Å². The zero-order chi connectivity index (χ0) is 23.1. The lowest BCUT2D eigenvalue weighted by molar-refractivity contribution is -0.120. The van der Waals surface area contributed by atoms with E-state index >= 15 is 0 Å². The first-order valence-electron chi connectivity index (χ1n) is 10.9. The highest BCUT2D eigenvalue weighted by Gasteiger charge is 2.29. The third-order valence-electron chi connectivity index (χ3n) is 5.48. The third-order valence-corrected chi connectivity index (χ3v) is 7.26. The van der Waals surface area contributed by atoms with Crippen LogP contribution in [-0.2, 0) is 21.2 Å². The fourth-order valence-electron chi connectivity index (χ4n) is 3.66. The Hall–Kier alpha value is -3.12. The van der Waals surface area contributed by atoms with Crippen molar-refractivity contribution in [2.24, 2.45) is 0 Å². The van der Waals surface area contributed by atoms with Crippen molar-refractivity contribution in [1.29, 1.82) is 0 Å². The number of para-hydroxylation sites is 1. The van der Waals surface area contributed by atoms with Crippen LogP contribution in [0.3, 0.4) is 0 Å². The lowest BCUT2D eigenvalue weighted by Crippen LogP contribution is -2.42. The molecular formula is C26H30N2O3S. The molecular weight excluding hydrogens is 420 g/mol. The lowest BCUT2D eigenvalue weighted by atomic mass is 10.0. The van der Waals surface area contributed by atoms with Crippen LogP contribution in [0.5, 0.6) is 0 Å². The summed E-state index contributed by atoms with van der Waals surface area (Å²) in [5.74, 6) is -0.345. The molecule has 0 aliphatic carbocycles. The molecule has 0 aliphatic rings.